The average Bonchev–Trinajstić information content (AvgIpc) is 2.29. The summed E-state index contributed by atoms with van der Waals surface area (Å²) in [5.74, 6) is 2.82. The van der Waals surface area contributed by atoms with E-state index >= 15 is 0 Å². The number of hydrogen-bond acceptors (Lipinski definition) is 3. The minimum absolute atomic E-state index is 0.339. The molecule has 1 aromatic rings. The predicted molar refractivity (Wildman–Crippen MR) is 81.0 cm³/mol. The van der Waals surface area contributed by atoms with Crippen LogP contribution in [0.25, 0.3) is 0 Å². The SMILES string of the molecule is CCC(CC)C(C)Nc1cc(Br)nc(C(C)C)n1. The highest BCUT2D eigenvalue weighted by molar-refractivity contribution is 9.10. The topological polar surface area (TPSA) is 37.8 Å². The number of aromatic nitrogens is 2. The Hall–Kier alpha value is -0.640. The predicted octanol–water partition coefficient (Wildman–Crippen LogP) is 4.60. The van der Waals surface area contributed by atoms with Gasteiger partial charge in [-0.3, -0.25) is 0 Å². The van der Waals surface area contributed by atoms with Crippen molar-refractivity contribution in [1.82, 2.24) is 9.97 Å². The van der Waals surface area contributed by atoms with Gasteiger partial charge in [0.05, 0.1) is 0 Å². The van der Waals surface area contributed by atoms with E-state index in [0.29, 0.717) is 17.9 Å². The molecule has 0 saturated carbocycles. The smallest absolute Gasteiger partial charge is 0.134 e. The second-order valence-corrected chi connectivity index (χ2v) is 5.91. The average molecular weight is 314 g/mol. The Bertz CT molecular complexity index is 375. The number of hydrogen-bond donors (Lipinski definition) is 1. The zero-order valence-corrected chi connectivity index (χ0v) is 13.6. The van der Waals surface area contributed by atoms with Gasteiger partial charge in [-0.15, -0.1) is 0 Å². The van der Waals surface area contributed by atoms with Crippen LogP contribution in [0.1, 0.15) is 59.2 Å². The van der Waals surface area contributed by atoms with Crippen molar-refractivity contribution in [3.05, 3.63) is 16.5 Å². The van der Waals surface area contributed by atoms with Crippen LogP contribution in [-0.2, 0) is 0 Å². The van der Waals surface area contributed by atoms with Crippen molar-refractivity contribution in [3.63, 3.8) is 0 Å². The van der Waals surface area contributed by atoms with Gasteiger partial charge in [-0.05, 0) is 28.8 Å². The molecule has 1 atom stereocenters. The maximum atomic E-state index is 4.57. The Morgan fingerprint density at radius 1 is 1.17 bits per heavy atom. The second kappa shape index (κ2) is 7.07. The molecule has 0 aliphatic carbocycles. The van der Waals surface area contributed by atoms with Gasteiger partial charge >= 0.3 is 0 Å². The van der Waals surface area contributed by atoms with E-state index in [0.717, 1.165) is 16.2 Å². The molecule has 3 nitrogen and oxygen atoms in total. The third-order valence-corrected chi connectivity index (χ3v) is 3.77. The van der Waals surface area contributed by atoms with Crippen LogP contribution < -0.4 is 5.32 Å². The molecular weight excluding hydrogens is 290 g/mol. The molecule has 4 heteroatoms. The van der Waals surface area contributed by atoms with E-state index < -0.39 is 0 Å². The number of nitrogens with one attached hydrogen (secondary N) is 1. The van der Waals surface area contributed by atoms with E-state index in [1.54, 1.807) is 0 Å². The largest absolute Gasteiger partial charge is 0.367 e. The molecule has 0 radical (unpaired) electrons. The van der Waals surface area contributed by atoms with Gasteiger partial charge in [0.15, 0.2) is 0 Å². The first-order valence-electron chi connectivity index (χ1n) is 6.78. The van der Waals surface area contributed by atoms with Gasteiger partial charge in [0.1, 0.15) is 16.2 Å². The first kappa shape index (κ1) is 15.4. The summed E-state index contributed by atoms with van der Waals surface area (Å²) in [7, 11) is 0. The zero-order valence-electron chi connectivity index (χ0n) is 12.0. The van der Waals surface area contributed by atoms with Crippen molar-refractivity contribution in [1.29, 1.82) is 0 Å². The molecule has 0 aliphatic rings. The van der Waals surface area contributed by atoms with E-state index in [-0.39, 0.29) is 0 Å². The summed E-state index contributed by atoms with van der Waals surface area (Å²) in [6, 6.07) is 2.38. The van der Waals surface area contributed by atoms with Gasteiger partial charge in [-0.2, -0.15) is 0 Å². The monoisotopic (exact) mass is 313 g/mol. The van der Waals surface area contributed by atoms with Crippen LogP contribution in [-0.4, -0.2) is 16.0 Å². The number of nitrogens with zero attached hydrogens (tertiary/aromatic N) is 2. The summed E-state index contributed by atoms with van der Waals surface area (Å²) in [6.45, 7) is 10.9. The van der Waals surface area contributed by atoms with Crippen LogP contribution in [0.4, 0.5) is 5.82 Å². The highest BCUT2D eigenvalue weighted by atomic mass is 79.9. The molecule has 1 unspecified atom stereocenters. The number of halogens is 1. The van der Waals surface area contributed by atoms with Crippen molar-refractivity contribution >= 4 is 21.7 Å². The van der Waals surface area contributed by atoms with E-state index in [9.17, 15) is 0 Å². The Morgan fingerprint density at radius 2 is 1.78 bits per heavy atom. The lowest BCUT2D eigenvalue weighted by Gasteiger charge is -2.23. The van der Waals surface area contributed by atoms with Crippen molar-refractivity contribution in [2.45, 2.75) is 59.4 Å². The van der Waals surface area contributed by atoms with Crippen molar-refractivity contribution in [2.75, 3.05) is 5.32 Å². The summed E-state index contributed by atoms with van der Waals surface area (Å²) < 4.78 is 0.848. The van der Waals surface area contributed by atoms with Crippen molar-refractivity contribution < 1.29 is 0 Å². The Morgan fingerprint density at radius 3 is 2.28 bits per heavy atom. The van der Waals surface area contributed by atoms with Gasteiger partial charge in [-0.25, -0.2) is 9.97 Å². The Kier molecular flexibility index (Phi) is 6.06. The molecule has 0 spiro atoms. The highest BCUT2D eigenvalue weighted by Gasteiger charge is 2.15. The summed E-state index contributed by atoms with van der Waals surface area (Å²) in [5, 5.41) is 3.50. The molecule has 0 aromatic carbocycles. The molecule has 0 saturated heterocycles. The minimum atomic E-state index is 0.339. The highest BCUT2D eigenvalue weighted by Crippen LogP contribution is 2.21. The number of anilines is 1. The first-order valence-corrected chi connectivity index (χ1v) is 7.58. The lowest BCUT2D eigenvalue weighted by atomic mass is 9.95. The molecule has 18 heavy (non-hydrogen) atoms. The van der Waals surface area contributed by atoms with Gasteiger partial charge in [0.25, 0.3) is 0 Å². The first-order chi connectivity index (χ1) is 8.47. The lowest BCUT2D eigenvalue weighted by Crippen LogP contribution is -2.25. The van der Waals surface area contributed by atoms with Crippen LogP contribution >= 0.6 is 15.9 Å². The maximum absolute atomic E-state index is 4.57. The standard InChI is InChI=1S/C14H24BrN3/c1-6-11(7-2)10(5)16-13-8-12(15)17-14(18-13)9(3)4/h8-11H,6-7H2,1-5H3,(H,16,17,18). The molecule has 1 rings (SSSR count). The summed E-state index contributed by atoms with van der Waals surface area (Å²) in [6.07, 6.45) is 2.38. The maximum Gasteiger partial charge on any atom is 0.134 e. The molecule has 0 amide bonds. The second-order valence-electron chi connectivity index (χ2n) is 5.10. The fourth-order valence-electron chi connectivity index (χ4n) is 2.11. The molecule has 0 aliphatic heterocycles. The van der Waals surface area contributed by atoms with Gasteiger partial charge in [0.2, 0.25) is 0 Å². The van der Waals surface area contributed by atoms with E-state index in [2.05, 4.69) is 65.8 Å². The Balaban J connectivity index is 2.83. The number of rotatable bonds is 6. The molecule has 0 fully saturated rings. The van der Waals surface area contributed by atoms with Crippen molar-refractivity contribution in [2.24, 2.45) is 5.92 Å². The summed E-state index contributed by atoms with van der Waals surface area (Å²) in [5.41, 5.74) is 0. The van der Waals surface area contributed by atoms with Crippen LogP contribution in [0, 0.1) is 5.92 Å². The van der Waals surface area contributed by atoms with Crippen molar-refractivity contribution in [3.8, 4) is 0 Å². The van der Waals surface area contributed by atoms with E-state index in [1.807, 2.05) is 6.07 Å². The summed E-state index contributed by atoms with van der Waals surface area (Å²) >= 11 is 3.45. The van der Waals surface area contributed by atoms with Crippen LogP contribution in [0.3, 0.4) is 0 Å². The van der Waals surface area contributed by atoms with Crippen LogP contribution in [0.2, 0.25) is 0 Å². The van der Waals surface area contributed by atoms with Gasteiger partial charge in [-0.1, -0.05) is 40.5 Å². The van der Waals surface area contributed by atoms with Gasteiger partial charge in [0, 0.05) is 18.0 Å². The fraction of sp³-hybridized carbons (Fsp3) is 0.714. The molecule has 102 valence electrons. The fourth-order valence-corrected chi connectivity index (χ4v) is 2.51. The van der Waals surface area contributed by atoms with Crippen LogP contribution in [0.15, 0.2) is 10.7 Å². The normalized spacial score (nSPS) is 13.1. The quantitative estimate of drug-likeness (QED) is 0.780. The molecule has 1 aromatic heterocycles. The third-order valence-electron chi connectivity index (χ3n) is 3.36. The lowest BCUT2D eigenvalue weighted by molar-refractivity contribution is 0.437. The van der Waals surface area contributed by atoms with E-state index in [4.69, 9.17) is 0 Å². The zero-order chi connectivity index (χ0) is 13.7. The van der Waals surface area contributed by atoms with Gasteiger partial charge < -0.3 is 5.32 Å². The molecule has 1 N–H and O–H groups in total. The van der Waals surface area contributed by atoms with Crippen LogP contribution in [0.5, 0.6) is 0 Å². The molecular formula is C14H24BrN3. The summed E-state index contributed by atoms with van der Waals surface area (Å²) in [4.78, 5) is 8.96. The van der Waals surface area contributed by atoms with E-state index in [1.165, 1.54) is 12.8 Å². The minimum Gasteiger partial charge on any atom is -0.367 e. The molecule has 0 bridgehead atoms. The third kappa shape index (κ3) is 4.23. The Labute approximate surface area is 119 Å². The molecule has 1 heterocycles.